The van der Waals surface area contributed by atoms with E-state index in [0.717, 1.165) is 6.42 Å². The molecule has 0 fully saturated rings. The average Bonchev–Trinajstić information content (AvgIpc) is 1.59. The third-order valence-electron chi connectivity index (χ3n) is 1.17. The monoisotopic (exact) mass is 180 g/mol. The van der Waals surface area contributed by atoms with Crippen molar-refractivity contribution in [2.45, 2.75) is 27.2 Å². The number of hydrogen-bond acceptors (Lipinski definition) is 1. The summed E-state index contributed by atoms with van der Waals surface area (Å²) in [6.45, 7) is 7.03. The number of nitrogens with one attached hydrogen (secondary N) is 1. The zero-order valence-electron chi connectivity index (χ0n) is 7.31. The molecule has 11 heavy (non-hydrogen) atoms. The van der Waals surface area contributed by atoms with Gasteiger partial charge in [0.1, 0.15) is 0 Å². The summed E-state index contributed by atoms with van der Waals surface area (Å²) >= 11 is 0. The van der Waals surface area contributed by atoms with E-state index >= 15 is 0 Å². The Labute approximate surface area is 74.1 Å². The Morgan fingerprint density at radius 3 is 2.18 bits per heavy atom. The first-order valence-corrected chi connectivity index (χ1v) is 3.45. The van der Waals surface area contributed by atoms with Gasteiger partial charge in [-0.3, -0.25) is 0 Å². The third kappa shape index (κ3) is 12.7. The first-order valence-electron chi connectivity index (χ1n) is 3.45. The highest BCUT2D eigenvalue weighted by Crippen LogP contribution is 2.16. The van der Waals surface area contributed by atoms with Crippen molar-refractivity contribution in [2.75, 3.05) is 6.54 Å². The molecule has 0 atom stereocenters. The Morgan fingerprint density at radius 2 is 1.91 bits per heavy atom. The maximum Gasteiger partial charge on any atom is 0.312 e. The van der Waals surface area contributed by atoms with Gasteiger partial charge in [-0.25, -0.2) is 4.79 Å². The molecule has 0 aromatic heterocycles. The van der Waals surface area contributed by atoms with E-state index in [2.05, 4.69) is 26.1 Å². The van der Waals surface area contributed by atoms with Gasteiger partial charge in [0.25, 0.3) is 0 Å². The second-order valence-corrected chi connectivity index (χ2v) is 3.60. The maximum absolute atomic E-state index is 10.2. The minimum absolute atomic E-state index is 0. The average molecular weight is 181 g/mol. The van der Waals surface area contributed by atoms with Crippen LogP contribution in [0.25, 0.3) is 0 Å². The lowest BCUT2D eigenvalue weighted by molar-refractivity contribution is 0.247. The van der Waals surface area contributed by atoms with Gasteiger partial charge in [0, 0.05) is 6.54 Å². The fourth-order valence-electron chi connectivity index (χ4n) is 0.561. The molecule has 68 valence electrons. The SMILES string of the molecule is CC(C)(C)CCNC(N)=O.Cl. The Bertz CT molecular complexity index is 120. The molecule has 0 aliphatic rings. The molecule has 0 saturated carbocycles. The van der Waals surface area contributed by atoms with Gasteiger partial charge in [-0.1, -0.05) is 20.8 Å². The molecule has 3 N–H and O–H groups in total. The highest BCUT2D eigenvalue weighted by atomic mass is 35.5. The zero-order valence-corrected chi connectivity index (χ0v) is 8.12. The van der Waals surface area contributed by atoms with Crippen molar-refractivity contribution in [2.24, 2.45) is 11.1 Å². The molecule has 0 aliphatic heterocycles. The van der Waals surface area contributed by atoms with Crippen LogP contribution in [0.1, 0.15) is 27.2 Å². The number of urea groups is 1. The summed E-state index contributed by atoms with van der Waals surface area (Å²) in [5, 5.41) is 2.54. The number of carbonyl (C=O) groups is 1. The highest BCUT2D eigenvalue weighted by molar-refractivity contribution is 5.85. The number of carbonyl (C=O) groups excluding carboxylic acids is 1. The highest BCUT2D eigenvalue weighted by Gasteiger charge is 2.08. The van der Waals surface area contributed by atoms with Crippen molar-refractivity contribution in [1.29, 1.82) is 0 Å². The van der Waals surface area contributed by atoms with Gasteiger partial charge >= 0.3 is 6.03 Å². The molecule has 0 saturated heterocycles. The van der Waals surface area contributed by atoms with Gasteiger partial charge in [-0.05, 0) is 11.8 Å². The molecule has 0 radical (unpaired) electrons. The normalized spacial score (nSPS) is 10.1. The van der Waals surface area contributed by atoms with Gasteiger partial charge in [-0.2, -0.15) is 0 Å². The van der Waals surface area contributed by atoms with Crippen LogP contribution < -0.4 is 11.1 Å². The van der Waals surface area contributed by atoms with Crippen LogP contribution in [0.5, 0.6) is 0 Å². The lowest BCUT2D eigenvalue weighted by Gasteiger charge is -2.17. The molecule has 0 aromatic carbocycles. The third-order valence-corrected chi connectivity index (χ3v) is 1.17. The summed E-state index contributed by atoms with van der Waals surface area (Å²) in [6, 6.07) is -0.441. The van der Waals surface area contributed by atoms with Crippen LogP contribution in [-0.4, -0.2) is 12.6 Å². The van der Waals surface area contributed by atoms with E-state index in [9.17, 15) is 4.79 Å². The molecule has 0 aromatic rings. The number of rotatable bonds is 2. The van der Waals surface area contributed by atoms with Crippen LogP contribution in [-0.2, 0) is 0 Å². The van der Waals surface area contributed by atoms with Crippen molar-refractivity contribution in [1.82, 2.24) is 5.32 Å². The van der Waals surface area contributed by atoms with E-state index in [1.54, 1.807) is 0 Å². The predicted molar refractivity (Wildman–Crippen MR) is 48.9 cm³/mol. The van der Waals surface area contributed by atoms with Gasteiger partial charge < -0.3 is 11.1 Å². The minimum atomic E-state index is -0.441. The summed E-state index contributed by atoms with van der Waals surface area (Å²) in [7, 11) is 0. The largest absolute Gasteiger partial charge is 0.352 e. The molecule has 0 aliphatic carbocycles. The second kappa shape index (κ2) is 5.24. The maximum atomic E-state index is 10.2. The summed E-state index contributed by atoms with van der Waals surface area (Å²) in [5.74, 6) is 0. The van der Waals surface area contributed by atoms with E-state index in [-0.39, 0.29) is 17.8 Å². The molecule has 4 heteroatoms. The standard InChI is InChI=1S/C7H16N2O.ClH/c1-7(2,3)4-5-9-6(8)10;/h4-5H2,1-3H3,(H3,8,9,10);1H. The molecular formula is C7H17ClN2O. The van der Waals surface area contributed by atoms with Gasteiger partial charge in [0.05, 0.1) is 0 Å². The number of amides is 2. The smallest absolute Gasteiger partial charge is 0.312 e. The molecule has 0 bridgehead atoms. The number of nitrogens with two attached hydrogens (primary N) is 1. The van der Waals surface area contributed by atoms with E-state index in [0.29, 0.717) is 6.54 Å². The number of primary amides is 1. The van der Waals surface area contributed by atoms with Crippen molar-refractivity contribution >= 4 is 18.4 Å². The summed E-state index contributed by atoms with van der Waals surface area (Å²) in [4.78, 5) is 10.2. The quantitative estimate of drug-likeness (QED) is 0.665. The second-order valence-electron chi connectivity index (χ2n) is 3.60. The van der Waals surface area contributed by atoms with Gasteiger partial charge in [-0.15, -0.1) is 12.4 Å². The zero-order chi connectivity index (χ0) is 8.20. The minimum Gasteiger partial charge on any atom is -0.352 e. The summed E-state index contributed by atoms with van der Waals surface area (Å²) in [6.07, 6.45) is 0.954. The van der Waals surface area contributed by atoms with E-state index < -0.39 is 6.03 Å². The summed E-state index contributed by atoms with van der Waals surface area (Å²) < 4.78 is 0. The molecule has 0 heterocycles. The Kier molecular flexibility index (Phi) is 6.28. The molecular weight excluding hydrogens is 164 g/mol. The van der Waals surface area contributed by atoms with E-state index in [1.807, 2.05) is 0 Å². The van der Waals surface area contributed by atoms with Crippen molar-refractivity contribution in [3.05, 3.63) is 0 Å². The molecule has 0 unspecified atom stereocenters. The summed E-state index contributed by atoms with van der Waals surface area (Å²) in [5.41, 5.74) is 5.14. The van der Waals surface area contributed by atoms with Crippen molar-refractivity contribution < 1.29 is 4.79 Å². The van der Waals surface area contributed by atoms with Gasteiger partial charge in [0.2, 0.25) is 0 Å². The Balaban J connectivity index is 0. The van der Waals surface area contributed by atoms with Crippen LogP contribution in [0.2, 0.25) is 0 Å². The Hall–Kier alpha value is -0.440. The van der Waals surface area contributed by atoms with Crippen LogP contribution in [0.15, 0.2) is 0 Å². The molecule has 2 amide bonds. The van der Waals surface area contributed by atoms with Gasteiger partial charge in [0.15, 0.2) is 0 Å². The van der Waals surface area contributed by atoms with Crippen molar-refractivity contribution in [3.8, 4) is 0 Å². The number of hydrogen-bond donors (Lipinski definition) is 2. The Morgan fingerprint density at radius 1 is 1.45 bits per heavy atom. The van der Waals surface area contributed by atoms with Crippen LogP contribution in [0.3, 0.4) is 0 Å². The lowest BCUT2D eigenvalue weighted by Crippen LogP contribution is -2.31. The van der Waals surface area contributed by atoms with Crippen molar-refractivity contribution in [3.63, 3.8) is 0 Å². The van der Waals surface area contributed by atoms with E-state index in [4.69, 9.17) is 5.73 Å². The van der Waals surface area contributed by atoms with Crippen LogP contribution >= 0.6 is 12.4 Å². The van der Waals surface area contributed by atoms with Crippen LogP contribution in [0.4, 0.5) is 4.79 Å². The number of halogens is 1. The topological polar surface area (TPSA) is 55.1 Å². The molecule has 0 spiro atoms. The van der Waals surface area contributed by atoms with Crippen LogP contribution in [0, 0.1) is 5.41 Å². The fourth-order valence-corrected chi connectivity index (χ4v) is 0.561. The first-order chi connectivity index (χ1) is 4.42. The first kappa shape index (κ1) is 13.2. The molecule has 0 rings (SSSR count). The fraction of sp³-hybridized carbons (Fsp3) is 0.857. The van der Waals surface area contributed by atoms with E-state index in [1.165, 1.54) is 0 Å². The molecule has 3 nitrogen and oxygen atoms in total. The predicted octanol–water partition coefficient (Wildman–Crippen LogP) is 1.51. The lowest BCUT2D eigenvalue weighted by atomic mass is 9.92.